The molecular formula is C11H14O3. The first-order valence-electron chi connectivity index (χ1n) is 4.59. The number of hydrogen-bond donors (Lipinski definition) is 1. The molecule has 0 aliphatic rings. The monoisotopic (exact) mass is 194 g/mol. The molecule has 0 spiro atoms. The molecular weight excluding hydrogens is 180 g/mol. The number of benzene rings is 1. The topological polar surface area (TPSA) is 46.5 Å². The lowest BCUT2D eigenvalue weighted by Crippen LogP contribution is -2.11. The van der Waals surface area contributed by atoms with Gasteiger partial charge in [0.25, 0.3) is 0 Å². The summed E-state index contributed by atoms with van der Waals surface area (Å²) in [6.45, 7) is 2.54. The van der Waals surface area contributed by atoms with Gasteiger partial charge in [-0.15, -0.1) is 0 Å². The van der Waals surface area contributed by atoms with E-state index in [1.165, 1.54) is 0 Å². The Morgan fingerprint density at radius 1 is 1.50 bits per heavy atom. The SMILES string of the molecule is CCOCC(=O)Cc1cccc(O)c1. The first-order chi connectivity index (χ1) is 6.72. The van der Waals surface area contributed by atoms with Crippen molar-refractivity contribution in [1.29, 1.82) is 0 Å². The Balaban J connectivity index is 2.47. The van der Waals surface area contributed by atoms with Gasteiger partial charge in [-0.05, 0) is 24.6 Å². The molecule has 0 radical (unpaired) electrons. The molecule has 3 nitrogen and oxygen atoms in total. The van der Waals surface area contributed by atoms with Gasteiger partial charge in [0.05, 0.1) is 0 Å². The Bertz CT molecular complexity index is 307. The predicted octanol–water partition coefficient (Wildman–Crippen LogP) is 1.54. The van der Waals surface area contributed by atoms with E-state index in [1.54, 1.807) is 18.2 Å². The highest BCUT2D eigenvalue weighted by Gasteiger charge is 2.03. The summed E-state index contributed by atoms with van der Waals surface area (Å²) in [7, 11) is 0. The summed E-state index contributed by atoms with van der Waals surface area (Å²) in [4.78, 5) is 11.3. The average molecular weight is 194 g/mol. The molecule has 1 aromatic rings. The maximum absolute atomic E-state index is 11.3. The van der Waals surface area contributed by atoms with Gasteiger partial charge in [-0.25, -0.2) is 0 Å². The highest BCUT2D eigenvalue weighted by atomic mass is 16.5. The zero-order valence-electron chi connectivity index (χ0n) is 8.19. The fourth-order valence-electron chi connectivity index (χ4n) is 1.16. The average Bonchev–Trinajstić information content (AvgIpc) is 2.15. The number of carbonyl (C=O) groups is 1. The van der Waals surface area contributed by atoms with Crippen molar-refractivity contribution in [2.45, 2.75) is 13.3 Å². The summed E-state index contributed by atoms with van der Waals surface area (Å²) in [5.74, 6) is 0.212. The Morgan fingerprint density at radius 2 is 2.29 bits per heavy atom. The minimum Gasteiger partial charge on any atom is -0.508 e. The Labute approximate surface area is 83.3 Å². The number of phenols is 1. The van der Waals surface area contributed by atoms with Crippen LogP contribution in [0.3, 0.4) is 0 Å². The van der Waals surface area contributed by atoms with Crippen LogP contribution in [0.2, 0.25) is 0 Å². The van der Waals surface area contributed by atoms with Crippen LogP contribution in [0.25, 0.3) is 0 Å². The van der Waals surface area contributed by atoms with E-state index in [9.17, 15) is 4.79 Å². The molecule has 1 rings (SSSR count). The summed E-state index contributed by atoms with van der Waals surface area (Å²) in [5, 5.41) is 9.16. The number of Topliss-reactive ketones (excluding diaryl/α,β-unsaturated/α-hetero) is 1. The predicted molar refractivity (Wildman–Crippen MR) is 53.3 cm³/mol. The molecule has 0 saturated heterocycles. The molecule has 76 valence electrons. The molecule has 14 heavy (non-hydrogen) atoms. The van der Waals surface area contributed by atoms with Crippen molar-refractivity contribution >= 4 is 5.78 Å². The van der Waals surface area contributed by atoms with Crippen molar-refractivity contribution in [2.75, 3.05) is 13.2 Å². The van der Waals surface area contributed by atoms with Gasteiger partial charge >= 0.3 is 0 Å². The van der Waals surface area contributed by atoms with Crippen LogP contribution in [0, 0.1) is 0 Å². The van der Waals surface area contributed by atoms with Gasteiger partial charge in [0.15, 0.2) is 5.78 Å². The number of aromatic hydroxyl groups is 1. The second-order valence-electron chi connectivity index (χ2n) is 3.02. The van der Waals surface area contributed by atoms with E-state index < -0.39 is 0 Å². The van der Waals surface area contributed by atoms with Crippen LogP contribution in [0.4, 0.5) is 0 Å². The number of carbonyl (C=O) groups excluding carboxylic acids is 1. The molecule has 0 saturated carbocycles. The molecule has 0 amide bonds. The molecule has 1 aromatic carbocycles. The van der Waals surface area contributed by atoms with Gasteiger partial charge in [-0.2, -0.15) is 0 Å². The van der Waals surface area contributed by atoms with Crippen molar-refractivity contribution in [3.63, 3.8) is 0 Å². The minimum absolute atomic E-state index is 0.0254. The van der Waals surface area contributed by atoms with Crippen molar-refractivity contribution in [2.24, 2.45) is 0 Å². The van der Waals surface area contributed by atoms with Gasteiger partial charge in [-0.3, -0.25) is 4.79 Å². The molecule has 3 heteroatoms. The Kier molecular flexibility index (Phi) is 4.13. The lowest BCUT2D eigenvalue weighted by molar-refractivity contribution is -0.122. The minimum atomic E-state index is 0.0254. The van der Waals surface area contributed by atoms with E-state index in [0.29, 0.717) is 13.0 Å². The summed E-state index contributed by atoms with van der Waals surface area (Å²) in [5.41, 5.74) is 0.815. The highest BCUT2D eigenvalue weighted by molar-refractivity contribution is 5.82. The number of hydrogen-bond acceptors (Lipinski definition) is 3. The summed E-state index contributed by atoms with van der Waals surface area (Å²) in [6, 6.07) is 6.70. The van der Waals surface area contributed by atoms with Gasteiger partial charge in [0.1, 0.15) is 12.4 Å². The maximum atomic E-state index is 11.3. The van der Waals surface area contributed by atoms with Crippen LogP contribution in [-0.4, -0.2) is 24.1 Å². The summed E-state index contributed by atoms with van der Waals surface area (Å²) >= 11 is 0. The van der Waals surface area contributed by atoms with Crippen molar-refractivity contribution in [3.8, 4) is 5.75 Å². The van der Waals surface area contributed by atoms with Crippen LogP contribution in [0.15, 0.2) is 24.3 Å². The highest BCUT2D eigenvalue weighted by Crippen LogP contribution is 2.11. The van der Waals surface area contributed by atoms with Crippen LogP contribution in [0.1, 0.15) is 12.5 Å². The lowest BCUT2D eigenvalue weighted by Gasteiger charge is -2.01. The molecule has 1 N–H and O–H groups in total. The van der Waals surface area contributed by atoms with E-state index >= 15 is 0 Å². The summed E-state index contributed by atoms with van der Waals surface area (Å²) in [6.07, 6.45) is 0.314. The quantitative estimate of drug-likeness (QED) is 0.773. The molecule has 0 bridgehead atoms. The number of phenolic OH excluding ortho intramolecular Hbond substituents is 1. The van der Waals surface area contributed by atoms with Gasteiger partial charge in [-0.1, -0.05) is 12.1 Å². The molecule has 0 aromatic heterocycles. The Hall–Kier alpha value is -1.35. The molecule has 0 fully saturated rings. The van der Waals surface area contributed by atoms with Gasteiger partial charge < -0.3 is 9.84 Å². The number of rotatable bonds is 5. The van der Waals surface area contributed by atoms with Crippen molar-refractivity contribution in [1.82, 2.24) is 0 Å². The third kappa shape index (κ3) is 3.58. The van der Waals surface area contributed by atoms with Gasteiger partial charge in [0.2, 0.25) is 0 Å². The van der Waals surface area contributed by atoms with Crippen molar-refractivity contribution in [3.05, 3.63) is 29.8 Å². The standard InChI is InChI=1S/C11H14O3/c1-2-14-8-11(13)7-9-4-3-5-10(12)6-9/h3-6,12H,2,7-8H2,1H3. The zero-order valence-corrected chi connectivity index (χ0v) is 8.19. The normalized spacial score (nSPS) is 10.1. The fourth-order valence-corrected chi connectivity index (χ4v) is 1.16. The first kappa shape index (κ1) is 10.7. The van der Waals surface area contributed by atoms with Crippen molar-refractivity contribution < 1.29 is 14.6 Å². The van der Waals surface area contributed by atoms with E-state index in [4.69, 9.17) is 9.84 Å². The first-order valence-corrected chi connectivity index (χ1v) is 4.59. The third-order valence-corrected chi connectivity index (χ3v) is 1.78. The van der Waals surface area contributed by atoms with Crippen LogP contribution in [-0.2, 0) is 16.0 Å². The third-order valence-electron chi connectivity index (χ3n) is 1.78. The van der Waals surface area contributed by atoms with Crippen LogP contribution in [0.5, 0.6) is 5.75 Å². The van der Waals surface area contributed by atoms with E-state index in [1.807, 2.05) is 13.0 Å². The number of ketones is 1. The molecule has 0 unspecified atom stereocenters. The maximum Gasteiger partial charge on any atom is 0.162 e. The summed E-state index contributed by atoms with van der Waals surface area (Å²) < 4.78 is 4.99. The molecule has 0 aliphatic carbocycles. The number of ether oxygens (including phenoxy) is 1. The Morgan fingerprint density at radius 3 is 2.93 bits per heavy atom. The molecule has 0 aliphatic heterocycles. The van der Waals surface area contributed by atoms with Gasteiger partial charge in [0, 0.05) is 13.0 Å². The molecule has 0 heterocycles. The zero-order chi connectivity index (χ0) is 10.4. The van der Waals surface area contributed by atoms with E-state index in [-0.39, 0.29) is 18.1 Å². The van der Waals surface area contributed by atoms with E-state index in [0.717, 1.165) is 5.56 Å². The van der Waals surface area contributed by atoms with E-state index in [2.05, 4.69) is 0 Å². The smallest absolute Gasteiger partial charge is 0.162 e. The van der Waals surface area contributed by atoms with Crippen LogP contribution < -0.4 is 0 Å². The second kappa shape index (κ2) is 5.40. The second-order valence-corrected chi connectivity index (χ2v) is 3.02. The fraction of sp³-hybridized carbons (Fsp3) is 0.364. The largest absolute Gasteiger partial charge is 0.508 e. The lowest BCUT2D eigenvalue weighted by atomic mass is 10.1. The van der Waals surface area contributed by atoms with Crippen LogP contribution >= 0.6 is 0 Å². The molecule has 0 atom stereocenters.